The molecule has 0 heterocycles. The van der Waals surface area contributed by atoms with Gasteiger partial charge in [-0.3, -0.25) is 33.6 Å². The lowest BCUT2D eigenvalue weighted by atomic mass is 9.99. The topological polar surface area (TPSA) is 379 Å². The lowest BCUT2D eigenvalue weighted by molar-refractivity contribution is -0.159. The fourth-order valence-corrected chi connectivity index (χ4v) is 8.14. The lowest BCUT2D eigenvalue weighted by Crippen LogP contribution is -2.43. The van der Waals surface area contributed by atoms with E-state index in [0.29, 0.717) is 0 Å². The Morgan fingerprint density at radius 2 is 0.663 bits per heavy atom. The van der Waals surface area contributed by atoms with Gasteiger partial charge in [0.15, 0.2) is 29.6 Å². The predicted octanol–water partition coefficient (Wildman–Crippen LogP) is 6.25. The van der Waals surface area contributed by atoms with Crippen LogP contribution in [-0.2, 0) is 116 Å². The molecule has 0 unspecified atom stereocenters. The smallest absolute Gasteiger partial charge is 0.407 e. The van der Waals surface area contributed by atoms with E-state index in [4.69, 9.17) is 34.2 Å². The van der Waals surface area contributed by atoms with Gasteiger partial charge < -0.3 is 71.2 Å². The Bertz CT molecular complexity index is 3430. The van der Waals surface area contributed by atoms with Crippen molar-refractivity contribution >= 4 is 125 Å². The minimum Gasteiger partial charge on any atom is -0.480 e. The maximum absolute atomic E-state index is 13.1. The highest BCUT2D eigenvalue weighted by Gasteiger charge is 2.24. The van der Waals surface area contributed by atoms with Crippen LogP contribution >= 0.6 is 54.0 Å². The van der Waals surface area contributed by atoms with E-state index in [0.717, 1.165) is 33.4 Å². The summed E-state index contributed by atoms with van der Waals surface area (Å²) in [6.07, 6.45) is -3.78. The third-order valence-corrected chi connectivity index (χ3v) is 13.6. The van der Waals surface area contributed by atoms with Crippen LogP contribution in [0.2, 0.25) is 0 Å². The van der Waals surface area contributed by atoms with Crippen molar-refractivity contribution in [3.63, 3.8) is 0 Å². The van der Waals surface area contributed by atoms with Gasteiger partial charge in [0.05, 0.1) is 25.7 Å². The van der Waals surface area contributed by atoms with Crippen LogP contribution in [0.4, 0.5) is 9.59 Å². The molecule has 0 saturated carbocycles. The van der Waals surface area contributed by atoms with Crippen LogP contribution in [0.25, 0.3) is 0 Å². The molecule has 30 heteroatoms. The van der Waals surface area contributed by atoms with Crippen molar-refractivity contribution in [2.75, 3.05) is 33.1 Å². The second-order valence-corrected chi connectivity index (χ2v) is 21.3. The summed E-state index contributed by atoms with van der Waals surface area (Å²) in [4.78, 5) is 144. The van der Waals surface area contributed by atoms with Crippen LogP contribution in [0, 0.1) is 0 Å². The molecule has 26 nitrogen and oxygen atoms in total. The monoisotopic (exact) mass is 1470 g/mol. The van der Waals surface area contributed by atoms with Gasteiger partial charge in [-0.15, -0.1) is 0 Å². The zero-order valence-corrected chi connectivity index (χ0v) is 60.0. The zero-order valence-electron chi connectivity index (χ0n) is 56.0. The van der Waals surface area contributed by atoms with Gasteiger partial charge >= 0.3 is 30.1 Å². The summed E-state index contributed by atoms with van der Waals surface area (Å²) in [5, 5.41) is 24.0. The van der Waals surface area contributed by atoms with Gasteiger partial charge in [0.25, 0.3) is 0 Å². The van der Waals surface area contributed by atoms with Gasteiger partial charge in [0.1, 0.15) is 45.9 Å². The predicted molar refractivity (Wildman–Crippen MR) is 394 cm³/mol. The molecular formula is C71H91N7O19S4. The average Bonchev–Trinajstić information content (AvgIpc) is 0.924. The summed E-state index contributed by atoms with van der Waals surface area (Å²) in [5.74, 6) is -5.21. The zero-order chi connectivity index (χ0) is 70.4. The van der Waals surface area contributed by atoms with Crippen molar-refractivity contribution in [1.82, 2.24) is 31.9 Å². The summed E-state index contributed by atoms with van der Waals surface area (Å²) in [6, 6.07) is 52.7. The number of aliphatic carboxylic acids is 1. The van der Waals surface area contributed by atoms with E-state index >= 15 is 0 Å². The number of ketones is 3. The summed E-state index contributed by atoms with van der Waals surface area (Å²) < 4.78 is 30.8. The number of hydrogen-bond acceptors (Lipinski definition) is 19. The van der Waals surface area contributed by atoms with Crippen LogP contribution in [0.5, 0.6) is 0 Å². The number of carbonyl (C=O) groups is 12. The average molecular weight is 1470 g/mol. The first-order chi connectivity index (χ1) is 46.8. The van der Waals surface area contributed by atoms with Gasteiger partial charge in [-0.2, -0.15) is 54.0 Å². The molecule has 0 saturated heterocycles. The Labute approximate surface area is 614 Å². The molecule has 0 aliphatic heterocycles. The van der Waals surface area contributed by atoms with Crippen LogP contribution in [0.1, 0.15) is 85.8 Å². The van der Waals surface area contributed by atoms with Crippen molar-refractivity contribution < 1.29 is 91.1 Å². The number of hydrogen-bond donors (Lipinski definition) is 8. The van der Waals surface area contributed by atoms with Gasteiger partial charge in [-0.05, 0) is 53.6 Å². The molecule has 548 valence electrons. The molecule has 6 amide bonds. The van der Waals surface area contributed by atoms with Crippen molar-refractivity contribution in [3.8, 4) is 0 Å². The van der Waals surface area contributed by atoms with Crippen molar-refractivity contribution in [2.24, 2.45) is 5.73 Å². The first-order valence-corrected chi connectivity index (χ1v) is 31.0. The normalized spacial score (nSPS) is 11.1. The molecular weight excluding hydrogens is 1380 g/mol. The minimum absolute atomic E-state index is 0. The Balaban J connectivity index is 0.00000161. The van der Waals surface area contributed by atoms with E-state index in [-0.39, 0.29) is 188 Å². The number of benzene rings is 6. The second kappa shape index (κ2) is 54.3. The van der Waals surface area contributed by atoms with E-state index in [9.17, 15) is 62.6 Å². The fourth-order valence-electron chi connectivity index (χ4n) is 8.14. The van der Waals surface area contributed by atoms with Gasteiger partial charge in [0, 0.05) is 44.9 Å². The van der Waals surface area contributed by atoms with E-state index in [1.165, 1.54) is 6.92 Å². The molecule has 6 rings (SSSR count). The molecule has 0 bridgehead atoms. The largest absolute Gasteiger partial charge is 0.480 e. The molecule has 9 N–H and O–H groups in total. The van der Waals surface area contributed by atoms with Crippen LogP contribution in [-0.4, -0.2) is 134 Å². The quantitative estimate of drug-likeness (QED) is 0.0120. The molecule has 6 aromatic rings. The van der Waals surface area contributed by atoms with Gasteiger partial charge in [-0.25, -0.2) is 24.0 Å². The van der Waals surface area contributed by atoms with Crippen LogP contribution in [0.3, 0.4) is 0 Å². The lowest BCUT2D eigenvalue weighted by Gasteiger charge is -2.18. The third-order valence-electron chi connectivity index (χ3n) is 13.6. The highest BCUT2D eigenvalue weighted by Crippen LogP contribution is 2.11. The Morgan fingerprint density at radius 3 is 1.00 bits per heavy atom. The maximum Gasteiger partial charge on any atom is 0.407 e. The Morgan fingerprint density at radius 1 is 0.366 bits per heavy atom. The maximum atomic E-state index is 13.1. The fraction of sp³-hybridized carbons (Fsp3) is 0.324. The number of amides is 6. The number of ether oxygens (including phenoxy) is 6. The first kappa shape index (κ1) is 91.4. The summed E-state index contributed by atoms with van der Waals surface area (Å²) in [5.41, 5.74) is 10.0. The molecule has 0 aromatic heterocycles. The summed E-state index contributed by atoms with van der Waals surface area (Å²) in [6.45, 7) is 2.48. The van der Waals surface area contributed by atoms with Crippen molar-refractivity contribution in [1.29, 1.82) is 0 Å². The van der Waals surface area contributed by atoms with Crippen molar-refractivity contribution in [3.05, 3.63) is 215 Å². The first-order valence-electron chi connectivity index (χ1n) is 31.0. The number of Topliss-reactive ketones (excluding diaryl/α,β-unsaturated/α-hetero) is 3. The van der Waals surface area contributed by atoms with Gasteiger partial charge in [0.2, 0.25) is 23.6 Å². The van der Waals surface area contributed by atoms with Crippen LogP contribution < -0.4 is 37.6 Å². The molecule has 0 aliphatic rings. The number of nitrogens with two attached hydrogens (primary N) is 1. The standard InChI is InChI=1S/C36H41N3O9.C22H24N2O6.C13H18N2O4.4H2S/c1-26(35(44)46-23-28-13-7-3-8-14-28)48-25-38-33(42)20-18-32(41)31(21-27-11-5-2-6-12-27)39-34(43)19-17-30(40)22-37-36(45)47-24-29-15-9-4-10-16-29;25-18(14-23-22(29)30-15-17-9-5-2-6-10-17)11-12-20(26)24-19(21(27)28)13-16-7-3-1-4-8-16;1-10(19-9-15-12(16)7-14)13(17)18-8-11-5-3-2-4-6-11;;;;/h2-16,26,31H,17-25H2,1H3,(H,37,45)(H,38,42)(H,39,43);1-10,19H,11-15H2,(H,23,29)(H,24,26)(H,27,28);2-6,10H,7-9,14H2,1H3,(H,15,16);4*1H2/t26-,31-;19-;10-;;;;/m000..../s1. The molecule has 4 atom stereocenters. The number of nitrogens with one attached hydrogen (secondary N) is 6. The number of alkyl carbamates (subject to hydrolysis) is 2. The number of carboxylic acids is 1. The van der Waals surface area contributed by atoms with Gasteiger partial charge in [-0.1, -0.05) is 182 Å². The van der Waals surface area contributed by atoms with E-state index in [2.05, 4.69) is 31.9 Å². The second-order valence-electron chi connectivity index (χ2n) is 21.3. The number of carboxylic acid groups (broad SMARTS) is 1. The highest BCUT2D eigenvalue weighted by molar-refractivity contribution is 7.59. The number of carbonyl (C=O) groups excluding carboxylic acids is 11. The molecule has 101 heavy (non-hydrogen) atoms. The molecule has 0 aliphatic carbocycles. The molecule has 0 fully saturated rings. The molecule has 0 spiro atoms. The molecule has 0 radical (unpaired) electrons. The number of esters is 2. The van der Waals surface area contributed by atoms with Crippen LogP contribution in [0.15, 0.2) is 182 Å². The SMILES string of the molecule is C[C@H](OCNC(=O)CCC(=O)[C@H](Cc1ccccc1)NC(=O)CCC(=O)CNC(=O)OCc1ccccc1)C(=O)OCc1ccccc1.C[C@H](OCNC(=O)CN)C(=O)OCc1ccccc1.O=C(CCC(=O)N[C@@H](Cc1ccccc1)C(=O)O)CNC(=O)OCc1ccccc1.S.S.S.S. The Kier molecular flexibility index (Phi) is 49.2. The summed E-state index contributed by atoms with van der Waals surface area (Å²) >= 11 is 0. The Hall–Kier alpha value is -9.56. The third kappa shape index (κ3) is 42.2. The molecule has 6 aromatic carbocycles. The van der Waals surface area contributed by atoms with E-state index in [1.807, 2.05) is 121 Å². The number of rotatable bonds is 38. The van der Waals surface area contributed by atoms with E-state index in [1.54, 1.807) is 67.6 Å². The van der Waals surface area contributed by atoms with E-state index < -0.39 is 72.1 Å². The minimum atomic E-state index is -1.15. The van der Waals surface area contributed by atoms with Crippen molar-refractivity contribution in [2.45, 2.75) is 116 Å². The highest BCUT2D eigenvalue weighted by atomic mass is 32.1. The summed E-state index contributed by atoms with van der Waals surface area (Å²) in [7, 11) is 0.